The van der Waals surface area contributed by atoms with Crippen molar-refractivity contribution in [2.45, 2.75) is 0 Å². The number of rotatable bonds is 1. The highest BCUT2D eigenvalue weighted by Gasteiger charge is 2.14. The Hall–Kier alpha value is -3.46. The molecule has 0 bridgehead atoms. The maximum atomic E-state index is 6.01. The number of benzene rings is 4. The lowest BCUT2D eigenvalue weighted by Gasteiger charge is -2.08. The average Bonchev–Trinajstić information content (AvgIpc) is 3.23. The lowest BCUT2D eigenvalue weighted by atomic mass is 9.94. The van der Waals surface area contributed by atoms with Crippen LogP contribution in [-0.2, 0) is 0 Å². The van der Waals surface area contributed by atoms with Crippen molar-refractivity contribution in [3.63, 3.8) is 0 Å². The van der Waals surface area contributed by atoms with E-state index in [-0.39, 0.29) is 0 Å². The van der Waals surface area contributed by atoms with E-state index in [0.717, 1.165) is 27.6 Å². The molecule has 0 radical (unpaired) electrons. The Balaban J connectivity index is 1.75. The Morgan fingerprint density at radius 2 is 1.33 bits per heavy atom. The zero-order valence-electron chi connectivity index (χ0n) is 14.9. The van der Waals surface area contributed by atoms with Crippen molar-refractivity contribution in [2.24, 2.45) is 0 Å². The Labute approximate surface area is 157 Å². The molecule has 0 aliphatic rings. The van der Waals surface area contributed by atoms with Crippen molar-refractivity contribution < 1.29 is 4.42 Å². The van der Waals surface area contributed by atoms with Crippen molar-refractivity contribution in [1.29, 1.82) is 0 Å². The summed E-state index contributed by atoms with van der Waals surface area (Å²) in [5, 5.41) is 4.89. The predicted molar refractivity (Wildman–Crippen MR) is 116 cm³/mol. The van der Waals surface area contributed by atoms with E-state index < -0.39 is 0 Å². The molecule has 0 amide bonds. The zero-order chi connectivity index (χ0) is 18.0. The third-order valence-electron chi connectivity index (χ3n) is 5.45. The van der Waals surface area contributed by atoms with Crippen LogP contribution in [0.3, 0.4) is 0 Å². The highest BCUT2D eigenvalue weighted by atomic mass is 16.3. The molecule has 4 aromatic carbocycles. The highest BCUT2D eigenvalue weighted by Crippen LogP contribution is 2.34. The minimum atomic E-state index is 0.927. The van der Waals surface area contributed by atoms with Gasteiger partial charge in [-0.1, -0.05) is 54.0 Å². The van der Waals surface area contributed by atoms with E-state index in [1.54, 1.807) is 0 Å². The third kappa shape index (κ3) is 2.03. The van der Waals surface area contributed by atoms with E-state index in [1.165, 1.54) is 27.3 Å². The molecule has 2 heterocycles. The van der Waals surface area contributed by atoms with Gasteiger partial charge in [0, 0.05) is 27.2 Å². The monoisotopic (exact) mass is 345 g/mol. The van der Waals surface area contributed by atoms with Crippen LogP contribution in [-0.4, -0.2) is 12.4 Å². The van der Waals surface area contributed by atoms with Gasteiger partial charge in [-0.15, -0.1) is 0 Å². The maximum Gasteiger partial charge on any atom is 0.139 e. The van der Waals surface area contributed by atoms with Crippen molar-refractivity contribution in [2.75, 3.05) is 0 Å². The van der Waals surface area contributed by atoms with Gasteiger partial charge in [0.2, 0.25) is 0 Å². The lowest BCUT2D eigenvalue weighted by molar-refractivity contribution is 0.669. The molecule has 2 nitrogen and oxygen atoms in total. The fourth-order valence-corrected chi connectivity index (χ4v) is 4.22. The van der Waals surface area contributed by atoms with Gasteiger partial charge in [-0.2, -0.15) is 0 Å². The summed E-state index contributed by atoms with van der Waals surface area (Å²) in [6, 6.07) is 30.0. The molecule has 0 saturated heterocycles. The van der Waals surface area contributed by atoms with Crippen LogP contribution in [0.2, 0.25) is 0 Å². The maximum absolute atomic E-state index is 6.01. The number of para-hydroxylation sites is 2. The summed E-state index contributed by atoms with van der Waals surface area (Å²) >= 11 is 0. The van der Waals surface area contributed by atoms with Crippen LogP contribution < -0.4 is 5.46 Å². The molecule has 6 aromatic rings. The standard InChI is InChI=1S/C24H16BNO/c25-15-9-11-22-19(13-15)17-5-1-3-7-21(17)26(22)16-10-12-24-20(14-16)18-6-2-4-8-23(18)27-24/h1-14H,25H2. The number of aromatic nitrogens is 1. The molecule has 0 saturated carbocycles. The van der Waals surface area contributed by atoms with Crippen LogP contribution >= 0.6 is 0 Å². The van der Waals surface area contributed by atoms with E-state index in [2.05, 4.69) is 85.2 Å². The summed E-state index contributed by atoms with van der Waals surface area (Å²) in [4.78, 5) is 0. The molecule has 0 atom stereocenters. The molecule has 0 fully saturated rings. The zero-order valence-corrected chi connectivity index (χ0v) is 14.9. The summed E-state index contributed by atoms with van der Waals surface area (Å²) in [5.41, 5.74) is 6.75. The van der Waals surface area contributed by atoms with Crippen LogP contribution in [0.15, 0.2) is 89.3 Å². The van der Waals surface area contributed by atoms with Gasteiger partial charge in [-0.05, 0) is 36.4 Å². The third-order valence-corrected chi connectivity index (χ3v) is 5.45. The molecule has 27 heavy (non-hydrogen) atoms. The van der Waals surface area contributed by atoms with Gasteiger partial charge < -0.3 is 8.98 Å². The normalized spacial score (nSPS) is 11.9. The first-order chi connectivity index (χ1) is 13.3. The molecule has 0 aliphatic heterocycles. The topological polar surface area (TPSA) is 18.1 Å². The molecule has 2 aromatic heterocycles. The fraction of sp³-hybridized carbons (Fsp3) is 0. The van der Waals surface area contributed by atoms with Gasteiger partial charge in [0.25, 0.3) is 0 Å². The molecule has 0 aliphatic carbocycles. The van der Waals surface area contributed by atoms with Gasteiger partial charge in [-0.3, -0.25) is 0 Å². The smallest absolute Gasteiger partial charge is 0.139 e. The van der Waals surface area contributed by atoms with Crippen molar-refractivity contribution in [1.82, 2.24) is 4.57 Å². The second-order valence-corrected chi connectivity index (χ2v) is 7.15. The van der Waals surface area contributed by atoms with Crippen molar-refractivity contribution in [3.05, 3.63) is 84.9 Å². The van der Waals surface area contributed by atoms with Crippen LogP contribution in [0.4, 0.5) is 0 Å². The SMILES string of the molecule is Bc1ccc2c(c1)c1ccccc1n2-c1ccc2oc3ccccc3c2c1. The second-order valence-electron chi connectivity index (χ2n) is 7.15. The van der Waals surface area contributed by atoms with Gasteiger partial charge in [0.1, 0.15) is 19.0 Å². The number of hydrogen-bond acceptors (Lipinski definition) is 1. The number of hydrogen-bond donors (Lipinski definition) is 0. The van der Waals surface area contributed by atoms with E-state index >= 15 is 0 Å². The summed E-state index contributed by atoms with van der Waals surface area (Å²) in [5.74, 6) is 0. The van der Waals surface area contributed by atoms with Crippen LogP contribution in [0.25, 0.3) is 49.4 Å². The predicted octanol–water partition coefficient (Wildman–Crippen LogP) is 4.94. The van der Waals surface area contributed by atoms with Gasteiger partial charge in [0.15, 0.2) is 0 Å². The minimum Gasteiger partial charge on any atom is -0.456 e. The van der Waals surface area contributed by atoms with Crippen molar-refractivity contribution >= 4 is 57.1 Å². The van der Waals surface area contributed by atoms with Crippen LogP contribution in [0, 0.1) is 0 Å². The quantitative estimate of drug-likeness (QED) is 0.386. The lowest BCUT2D eigenvalue weighted by Crippen LogP contribution is -2.00. The number of furan rings is 1. The largest absolute Gasteiger partial charge is 0.456 e. The van der Waals surface area contributed by atoms with Gasteiger partial charge in [-0.25, -0.2) is 0 Å². The van der Waals surface area contributed by atoms with Gasteiger partial charge >= 0.3 is 0 Å². The molecule has 0 unspecified atom stereocenters. The number of nitrogens with zero attached hydrogens (tertiary/aromatic N) is 1. The Morgan fingerprint density at radius 1 is 0.593 bits per heavy atom. The Bertz CT molecular complexity index is 1490. The first-order valence-electron chi connectivity index (χ1n) is 9.21. The molecule has 6 rings (SSSR count). The van der Waals surface area contributed by atoms with Crippen LogP contribution in [0.5, 0.6) is 0 Å². The molecule has 0 spiro atoms. The average molecular weight is 345 g/mol. The van der Waals surface area contributed by atoms with E-state index in [4.69, 9.17) is 4.42 Å². The first-order valence-corrected chi connectivity index (χ1v) is 9.21. The molecule has 3 heteroatoms. The van der Waals surface area contributed by atoms with E-state index in [1.807, 2.05) is 12.1 Å². The summed E-state index contributed by atoms with van der Waals surface area (Å²) in [6.45, 7) is 0. The summed E-state index contributed by atoms with van der Waals surface area (Å²) in [6.07, 6.45) is 0. The highest BCUT2D eigenvalue weighted by molar-refractivity contribution is 6.34. The Morgan fingerprint density at radius 3 is 2.26 bits per heavy atom. The fourth-order valence-electron chi connectivity index (χ4n) is 4.22. The molecule has 126 valence electrons. The molecular weight excluding hydrogens is 329 g/mol. The molecular formula is C24H16BNO. The first kappa shape index (κ1) is 14.7. The van der Waals surface area contributed by atoms with E-state index in [9.17, 15) is 0 Å². The second kappa shape index (κ2) is 5.27. The summed E-state index contributed by atoms with van der Waals surface area (Å²) < 4.78 is 8.36. The van der Waals surface area contributed by atoms with Crippen LogP contribution in [0.1, 0.15) is 0 Å². The minimum absolute atomic E-state index is 0.927. The number of fused-ring (bicyclic) bond motifs is 6. The van der Waals surface area contributed by atoms with E-state index in [0.29, 0.717) is 0 Å². The van der Waals surface area contributed by atoms with Crippen molar-refractivity contribution in [3.8, 4) is 5.69 Å². The van der Waals surface area contributed by atoms with Gasteiger partial charge in [0.05, 0.1) is 11.0 Å². The summed E-state index contributed by atoms with van der Waals surface area (Å²) in [7, 11) is 2.15. The molecule has 0 N–H and O–H groups in total. The Kier molecular flexibility index (Phi) is 2.87.